The first-order valence-electron chi connectivity index (χ1n) is 6.78. The smallest absolute Gasteiger partial charge is 0.384 e. The molecule has 0 amide bonds. The maximum Gasteiger partial charge on any atom is 0.416 e. The second-order valence-electron chi connectivity index (χ2n) is 5.10. The summed E-state index contributed by atoms with van der Waals surface area (Å²) in [7, 11) is 0. The van der Waals surface area contributed by atoms with Crippen LogP contribution in [-0.4, -0.2) is 19.6 Å². The number of nitrogens with one attached hydrogen (secondary N) is 2. The number of halogens is 4. The second-order valence-corrected chi connectivity index (χ2v) is 5.51. The average molecular weight is 307 g/mol. The summed E-state index contributed by atoms with van der Waals surface area (Å²) >= 11 is 5.88. The number of anilines is 1. The van der Waals surface area contributed by atoms with E-state index in [9.17, 15) is 13.2 Å². The first-order valence-corrected chi connectivity index (χ1v) is 7.16. The van der Waals surface area contributed by atoms with E-state index in [1.165, 1.54) is 6.07 Å². The Labute approximate surface area is 121 Å². The largest absolute Gasteiger partial charge is 0.416 e. The number of rotatable bonds is 4. The zero-order chi connectivity index (χ0) is 14.6. The molecule has 6 heteroatoms. The summed E-state index contributed by atoms with van der Waals surface area (Å²) < 4.78 is 37.5. The van der Waals surface area contributed by atoms with Crippen LogP contribution in [-0.2, 0) is 6.18 Å². The van der Waals surface area contributed by atoms with Crippen LogP contribution in [0, 0.1) is 5.92 Å². The molecule has 2 rings (SSSR count). The number of benzene rings is 1. The van der Waals surface area contributed by atoms with Gasteiger partial charge in [-0.25, -0.2) is 0 Å². The highest BCUT2D eigenvalue weighted by atomic mass is 35.5. The fourth-order valence-electron chi connectivity index (χ4n) is 2.42. The minimum Gasteiger partial charge on any atom is -0.384 e. The predicted molar refractivity (Wildman–Crippen MR) is 75.2 cm³/mol. The van der Waals surface area contributed by atoms with E-state index >= 15 is 0 Å². The highest BCUT2D eigenvalue weighted by Crippen LogP contribution is 2.33. The van der Waals surface area contributed by atoms with Gasteiger partial charge in [0.2, 0.25) is 0 Å². The van der Waals surface area contributed by atoms with Crippen LogP contribution in [0.2, 0.25) is 5.02 Å². The lowest BCUT2D eigenvalue weighted by Gasteiger charge is -2.22. The molecule has 1 aromatic rings. The van der Waals surface area contributed by atoms with E-state index in [4.69, 9.17) is 11.6 Å². The zero-order valence-corrected chi connectivity index (χ0v) is 11.8. The molecule has 1 fully saturated rings. The molecule has 0 bridgehead atoms. The quantitative estimate of drug-likeness (QED) is 0.873. The minimum absolute atomic E-state index is 0.116. The standard InChI is InChI=1S/C14H18ClF3N2/c15-12-9-11(14(16,17)18)1-2-13(12)20-8-5-10-3-6-19-7-4-10/h1-2,9-10,19-20H,3-8H2. The Morgan fingerprint density at radius 3 is 2.55 bits per heavy atom. The number of hydrogen-bond donors (Lipinski definition) is 2. The van der Waals surface area contributed by atoms with Crippen molar-refractivity contribution in [3.05, 3.63) is 28.8 Å². The fourth-order valence-corrected chi connectivity index (χ4v) is 2.66. The first-order chi connectivity index (χ1) is 9.47. The molecule has 0 aromatic heterocycles. The molecule has 0 saturated carbocycles. The van der Waals surface area contributed by atoms with Crippen molar-refractivity contribution in [3.63, 3.8) is 0 Å². The van der Waals surface area contributed by atoms with Crippen molar-refractivity contribution in [2.45, 2.75) is 25.4 Å². The van der Waals surface area contributed by atoms with Crippen LogP contribution in [0.15, 0.2) is 18.2 Å². The molecule has 20 heavy (non-hydrogen) atoms. The predicted octanol–water partition coefficient (Wildman–Crippen LogP) is 4.16. The van der Waals surface area contributed by atoms with E-state index in [2.05, 4.69) is 10.6 Å². The first kappa shape index (κ1) is 15.4. The van der Waals surface area contributed by atoms with Gasteiger partial charge < -0.3 is 10.6 Å². The van der Waals surface area contributed by atoms with Crippen molar-refractivity contribution in [2.75, 3.05) is 25.0 Å². The highest BCUT2D eigenvalue weighted by Gasteiger charge is 2.30. The Morgan fingerprint density at radius 1 is 1.25 bits per heavy atom. The maximum absolute atomic E-state index is 12.5. The average Bonchev–Trinajstić information content (AvgIpc) is 2.40. The van der Waals surface area contributed by atoms with Crippen LogP contribution in [0.3, 0.4) is 0 Å². The highest BCUT2D eigenvalue weighted by molar-refractivity contribution is 6.33. The summed E-state index contributed by atoms with van der Waals surface area (Å²) in [5.74, 6) is 0.678. The van der Waals surface area contributed by atoms with Gasteiger partial charge in [-0.1, -0.05) is 11.6 Å². The second kappa shape index (κ2) is 6.68. The van der Waals surface area contributed by atoms with Gasteiger partial charge in [0.15, 0.2) is 0 Å². The van der Waals surface area contributed by atoms with Crippen LogP contribution in [0.1, 0.15) is 24.8 Å². The Kier molecular flexibility index (Phi) is 5.16. The van der Waals surface area contributed by atoms with E-state index in [0.717, 1.165) is 51.0 Å². The summed E-state index contributed by atoms with van der Waals surface area (Å²) in [6.07, 6.45) is -1.03. The van der Waals surface area contributed by atoms with Crippen LogP contribution in [0.25, 0.3) is 0 Å². The Hall–Kier alpha value is -0.940. The van der Waals surface area contributed by atoms with Gasteiger partial charge in [-0.2, -0.15) is 13.2 Å². The maximum atomic E-state index is 12.5. The van der Waals surface area contributed by atoms with Gasteiger partial charge in [-0.05, 0) is 56.5 Å². The molecule has 0 spiro atoms. The number of piperidine rings is 1. The lowest BCUT2D eigenvalue weighted by atomic mass is 9.95. The molecule has 2 nitrogen and oxygen atoms in total. The lowest BCUT2D eigenvalue weighted by Crippen LogP contribution is -2.28. The molecule has 0 radical (unpaired) electrons. The van der Waals surface area contributed by atoms with Crippen LogP contribution < -0.4 is 10.6 Å². The summed E-state index contributed by atoms with van der Waals surface area (Å²) in [6.45, 7) is 2.83. The van der Waals surface area contributed by atoms with Gasteiger partial charge in [-0.15, -0.1) is 0 Å². The monoisotopic (exact) mass is 306 g/mol. The molecule has 1 aliphatic heterocycles. The Morgan fingerprint density at radius 2 is 1.95 bits per heavy atom. The van der Waals surface area contributed by atoms with E-state index in [1.807, 2.05) is 0 Å². The van der Waals surface area contributed by atoms with Gasteiger partial charge in [0, 0.05) is 6.54 Å². The summed E-state index contributed by atoms with van der Waals surface area (Å²) in [5.41, 5.74) is -0.153. The van der Waals surface area contributed by atoms with E-state index < -0.39 is 11.7 Å². The Balaban J connectivity index is 1.86. The van der Waals surface area contributed by atoms with Gasteiger partial charge in [-0.3, -0.25) is 0 Å². The summed E-state index contributed by atoms with van der Waals surface area (Å²) in [5, 5.41) is 6.54. The van der Waals surface area contributed by atoms with Gasteiger partial charge in [0.05, 0.1) is 16.3 Å². The number of hydrogen-bond acceptors (Lipinski definition) is 2. The molecule has 0 aliphatic carbocycles. The van der Waals surface area contributed by atoms with Crippen LogP contribution in [0.4, 0.5) is 18.9 Å². The van der Waals surface area contributed by atoms with Crippen molar-refractivity contribution in [2.24, 2.45) is 5.92 Å². The van der Waals surface area contributed by atoms with E-state index in [0.29, 0.717) is 11.6 Å². The number of alkyl halides is 3. The molecular weight excluding hydrogens is 289 g/mol. The topological polar surface area (TPSA) is 24.1 Å². The summed E-state index contributed by atoms with van der Waals surface area (Å²) in [4.78, 5) is 0. The minimum atomic E-state index is -4.35. The van der Waals surface area contributed by atoms with Gasteiger partial charge in [0.1, 0.15) is 0 Å². The lowest BCUT2D eigenvalue weighted by molar-refractivity contribution is -0.137. The molecular formula is C14H18ClF3N2. The zero-order valence-electron chi connectivity index (χ0n) is 11.1. The van der Waals surface area contributed by atoms with Crippen LogP contribution in [0.5, 0.6) is 0 Å². The van der Waals surface area contributed by atoms with Gasteiger partial charge in [0.25, 0.3) is 0 Å². The Bertz CT molecular complexity index is 443. The molecule has 1 aromatic carbocycles. The van der Waals surface area contributed by atoms with Crippen molar-refractivity contribution in [3.8, 4) is 0 Å². The van der Waals surface area contributed by atoms with E-state index in [1.54, 1.807) is 0 Å². The molecule has 112 valence electrons. The molecule has 1 heterocycles. The molecule has 0 atom stereocenters. The van der Waals surface area contributed by atoms with E-state index in [-0.39, 0.29) is 5.02 Å². The molecule has 1 saturated heterocycles. The van der Waals surface area contributed by atoms with Crippen LogP contribution >= 0.6 is 11.6 Å². The third-order valence-electron chi connectivity index (χ3n) is 3.62. The third kappa shape index (κ3) is 4.28. The third-order valence-corrected chi connectivity index (χ3v) is 3.94. The van der Waals surface area contributed by atoms with Crippen molar-refractivity contribution in [1.82, 2.24) is 5.32 Å². The fraction of sp³-hybridized carbons (Fsp3) is 0.571. The molecule has 1 aliphatic rings. The van der Waals surface area contributed by atoms with Crippen molar-refractivity contribution < 1.29 is 13.2 Å². The SMILES string of the molecule is FC(F)(F)c1ccc(NCCC2CCNCC2)c(Cl)c1. The van der Waals surface area contributed by atoms with Crippen molar-refractivity contribution in [1.29, 1.82) is 0 Å². The van der Waals surface area contributed by atoms with Crippen molar-refractivity contribution >= 4 is 17.3 Å². The normalized spacial score (nSPS) is 17.2. The van der Waals surface area contributed by atoms with Gasteiger partial charge >= 0.3 is 6.18 Å². The molecule has 0 unspecified atom stereocenters. The summed E-state index contributed by atoms with van der Waals surface area (Å²) in [6, 6.07) is 3.42. The molecule has 2 N–H and O–H groups in total.